The van der Waals surface area contributed by atoms with Gasteiger partial charge >= 0.3 is 0 Å². The van der Waals surface area contributed by atoms with Crippen LogP contribution in [0.15, 0.2) is 134 Å². The van der Waals surface area contributed by atoms with Gasteiger partial charge in [-0.05, 0) is 72.8 Å². The van der Waals surface area contributed by atoms with Crippen molar-refractivity contribution in [3.05, 3.63) is 134 Å². The summed E-state index contributed by atoms with van der Waals surface area (Å²) in [5, 5.41) is 5.12. The summed E-state index contributed by atoms with van der Waals surface area (Å²) < 4.78 is 9.69. The molecule has 0 radical (unpaired) electrons. The summed E-state index contributed by atoms with van der Waals surface area (Å²) in [6, 6.07) is 46.2. The average molecular weight is 555 g/mol. The highest BCUT2D eigenvalue weighted by molar-refractivity contribution is 7.25. The molecule has 0 unspecified atom stereocenters. The highest BCUT2D eigenvalue weighted by atomic mass is 32.1. The fraction of sp³-hybridized carbons (Fsp3) is 0. The molecule has 0 N–H and O–H groups in total. The molecule has 0 bridgehead atoms. The van der Waals surface area contributed by atoms with E-state index in [1.165, 1.54) is 58.7 Å². The van der Waals surface area contributed by atoms with Gasteiger partial charge in [0.1, 0.15) is 5.65 Å². The third-order valence-electron chi connectivity index (χ3n) is 8.68. The van der Waals surface area contributed by atoms with E-state index >= 15 is 0 Å². The van der Waals surface area contributed by atoms with Crippen LogP contribution in [0.5, 0.6) is 0 Å². The average Bonchev–Trinajstić information content (AvgIpc) is 3.77. The first-order chi connectivity index (χ1) is 20.8. The summed E-state index contributed by atoms with van der Waals surface area (Å²) >= 11 is 1.86. The van der Waals surface area contributed by atoms with Crippen molar-refractivity contribution in [2.45, 2.75) is 0 Å². The number of thiophene rings is 1. The molecule has 0 saturated heterocycles. The molecule has 5 heterocycles. The fourth-order valence-electron chi connectivity index (χ4n) is 6.91. The van der Waals surface area contributed by atoms with Crippen molar-refractivity contribution in [2.75, 3.05) is 0 Å². The van der Waals surface area contributed by atoms with E-state index in [2.05, 4.69) is 140 Å². The van der Waals surface area contributed by atoms with Crippen LogP contribution in [0.4, 0.5) is 0 Å². The Morgan fingerprint density at radius 2 is 1.02 bits per heavy atom. The zero-order chi connectivity index (χ0) is 27.4. The third-order valence-corrected chi connectivity index (χ3v) is 9.83. The predicted molar refractivity (Wildman–Crippen MR) is 177 cm³/mol. The van der Waals surface area contributed by atoms with Crippen LogP contribution in [0.25, 0.3) is 81.1 Å². The van der Waals surface area contributed by atoms with Crippen LogP contribution < -0.4 is 0 Å². The minimum Gasteiger partial charge on any atom is -0.309 e. The van der Waals surface area contributed by atoms with E-state index in [-0.39, 0.29) is 0 Å². The lowest BCUT2D eigenvalue weighted by molar-refractivity contribution is 1.15. The van der Waals surface area contributed by atoms with E-state index in [4.69, 9.17) is 0 Å². The highest BCUT2D eigenvalue weighted by Gasteiger charge is 2.18. The van der Waals surface area contributed by atoms with Gasteiger partial charge in [0, 0.05) is 54.6 Å². The summed E-state index contributed by atoms with van der Waals surface area (Å²) in [5.74, 6) is 0. The van der Waals surface area contributed by atoms with Gasteiger partial charge in [-0.3, -0.25) is 14.0 Å². The molecule has 0 fully saturated rings. The van der Waals surface area contributed by atoms with E-state index in [0.717, 1.165) is 22.4 Å². The van der Waals surface area contributed by atoms with E-state index in [0.29, 0.717) is 0 Å². The summed E-state index contributed by atoms with van der Waals surface area (Å²) in [5.41, 5.74) is 10.4. The van der Waals surface area contributed by atoms with Crippen LogP contribution in [0, 0.1) is 0 Å². The molecular formula is C37H22N4S. The standard InChI is InChI=1S/C37H22N4S/c1-3-10-30-25(8-1)26-9-2-4-11-31(26)39(30)23-15-17-35-27(20-23)28-21-24(16-18-36(28)42-35)40-33-12-5-6-13-34(33)41-32-14-7-19-38-29(32)22-37(40)41/h1-22H. The molecule has 0 aliphatic carbocycles. The first-order valence-corrected chi connectivity index (χ1v) is 15.0. The van der Waals surface area contributed by atoms with Crippen LogP contribution >= 0.6 is 11.3 Å². The Bertz CT molecular complexity index is 2650. The Kier molecular flexibility index (Phi) is 4.30. The van der Waals surface area contributed by atoms with Gasteiger partial charge in [0.15, 0.2) is 0 Å². The summed E-state index contributed by atoms with van der Waals surface area (Å²) in [7, 11) is 0. The van der Waals surface area contributed by atoms with Crippen molar-refractivity contribution < 1.29 is 0 Å². The Balaban J connectivity index is 1.25. The maximum absolute atomic E-state index is 4.66. The fourth-order valence-corrected chi connectivity index (χ4v) is 7.97. The van der Waals surface area contributed by atoms with Crippen molar-refractivity contribution in [3.63, 3.8) is 0 Å². The topological polar surface area (TPSA) is 27.2 Å². The maximum Gasteiger partial charge on any atom is 0.125 e. The molecule has 0 aliphatic heterocycles. The van der Waals surface area contributed by atoms with Crippen LogP contribution in [0.3, 0.4) is 0 Å². The van der Waals surface area contributed by atoms with Gasteiger partial charge in [0.05, 0.1) is 33.1 Å². The normalized spacial score (nSPS) is 12.3. The summed E-state index contributed by atoms with van der Waals surface area (Å²) in [6.45, 7) is 0. The Hall–Kier alpha value is -5.39. The lowest BCUT2D eigenvalue weighted by atomic mass is 10.1. The Morgan fingerprint density at radius 1 is 0.452 bits per heavy atom. The van der Waals surface area contributed by atoms with E-state index in [1.54, 1.807) is 0 Å². The molecule has 5 aromatic heterocycles. The zero-order valence-corrected chi connectivity index (χ0v) is 23.2. The number of hydrogen-bond donors (Lipinski definition) is 0. The van der Waals surface area contributed by atoms with E-state index < -0.39 is 0 Å². The molecule has 0 spiro atoms. The summed E-state index contributed by atoms with van der Waals surface area (Å²) in [6.07, 6.45) is 1.87. The lowest BCUT2D eigenvalue weighted by Gasteiger charge is -2.09. The molecule has 0 saturated carbocycles. The van der Waals surface area contributed by atoms with Crippen molar-refractivity contribution in [1.29, 1.82) is 0 Å². The number of pyridine rings is 1. The SMILES string of the molecule is c1ccc2c(c1)c1ccccc1n2-c1ccc2sc3ccc(-n4c5ccccc5n5c6cccnc6cc45)cc3c2c1. The van der Waals surface area contributed by atoms with Gasteiger partial charge in [0.25, 0.3) is 0 Å². The molecule has 10 rings (SSSR count). The molecule has 4 nitrogen and oxygen atoms in total. The number of rotatable bonds is 2. The van der Waals surface area contributed by atoms with Gasteiger partial charge in [-0.1, -0.05) is 48.5 Å². The zero-order valence-electron chi connectivity index (χ0n) is 22.4. The van der Waals surface area contributed by atoms with Gasteiger partial charge in [-0.25, -0.2) is 0 Å². The Labute approximate surface area is 243 Å². The molecule has 196 valence electrons. The molecule has 42 heavy (non-hydrogen) atoms. The minimum atomic E-state index is 1.00. The van der Waals surface area contributed by atoms with Gasteiger partial charge in [0.2, 0.25) is 0 Å². The number of aromatic nitrogens is 4. The lowest BCUT2D eigenvalue weighted by Crippen LogP contribution is -1.94. The second kappa shape index (κ2) is 8.09. The van der Waals surface area contributed by atoms with Crippen molar-refractivity contribution in [1.82, 2.24) is 18.5 Å². The molecule has 0 aliphatic rings. The molecule has 5 aromatic carbocycles. The van der Waals surface area contributed by atoms with Crippen LogP contribution in [0.1, 0.15) is 0 Å². The van der Waals surface area contributed by atoms with Crippen molar-refractivity contribution in [3.8, 4) is 11.4 Å². The molecule has 10 aromatic rings. The van der Waals surface area contributed by atoms with Crippen molar-refractivity contribution in [2.24, 2.45) is 0 Å². The molecular weight excluding hydrogens is 533 g/mol. The minimum absolute atomic E-state index is 1.00. The summed E-state index contributed by atoms with van der Waals surface area (Å²) in [4.78, 5) is 4.66. The Morgan fingerprint density at radius 3 is 1.71 bits per heavy atom. The smallest absolute Gasteiger partial charge is 0.125 e. The monoisotopic (exact) mass is 554 g/mol. The number of nitrogens with zero attached hydrogens (tertiary/aromatic N) is 4. The second-order valence-corrected chi connectivity index (χ2v) is 12.0. The number of benzene rings is 5. The van der Waals surface area contributed by atoms with Crippen LogP contribution in [0.2, 0.25) is 0 Å². The molecule has 5 heteroatoms. The molecule has 0 atom stereocenters. The van der Waals surface area contributed by atoms with E-state index in [9.17, 15) is 0 Å². The van der Waals surface area contributed by atoms with Gasteiger partial charge in [-0.15, -0.1) is 11.3 Å². The van der Waals surface area contributed by atoms with Crippen LogP contribution in [-0.2, 0) is 0 Å². The quantitative estimate of drug-likeness (QED) is 0.209. The van der Waals surface area contributed by atoms with Gasteiger partial charge in [-0.2, -0.15) is 0 Å². The number of hydrogen-bond acceptors (Lipinski definition) is 2. The maximum atomic E-state index is 4.66. The first kappa shape index (κ1) is 22.3. The van der Waals surface area contributed by atoms with Crippen LogP contribution in [-0.4, -0.2) is 18.5 Å². The van der Waals surface area contributed by atoms with E-state index in [1.807, 2.05) is 23.6 Å². The first-order valence-electron chi connectivity index (χ1n) is 14.1. The molecule has 0 amide bonds. The predicted octanol–water partition coefficient (Wildman–Crippen LogP) is 9.90. The number of fused-ring (bicyclic) bond motifs is 11. The highest BCUT2D eigenvalue weighted by Crippen LogP contribution is 2.39. The second-order valence-electron chi connectivity index (χ2n) is 10.9. The third kappa shape index (κ3) is 2.88. The number of imidazole rings is 1. The number of para-hydroxylation sites is 4. The largest absolute Gasteiger partial charge is 0.309 e. The van der Waals surface area contributed by atoms with Crippen molar-refractivity contribution >= 4 is 81.0 Å². The van der Waals surface area contributed by atoms with Gasteiger partial charge < -0.3 is 4.57 Å².